The number of alkyl carbamates (subject to hydrolysis) is 1. The molecule has 3 atom stereocenters. The Hall–Kier alpha value is -3.29. The maximum Gasteiger partial charge on any atom is 0.509 e. The van der Waals surface area contributed by atoms with E-state index in [2.05, 4.69) is 43.5 Å². The van der Waals surface area contributed by atoms with Gasteiger partial charge >= 0.3 is 18.2 Å². The first-order valence-corrected chi connectivity index (χ1v) is 14.3. The zero-order valence-corrected chi connectivity index (χ0v) is 26.8. The van der Waals surface area contributed by atoms with Gasteiger partial charge in [-0.3, -0.25) is 0 Å². The molecule has 0 unspecified atom stereocenters. The molecule has 0 heterocycles. The van der Waals surface area contributed by atoms with Crippen LogP contribution in [0.2, 0.25) is 0 Å². The third kappa shape index (κ3) is 23.1. The van der Waals surface area contributed by atoms with Crippen molar-refractivity contribution in [1.82, 2.24) is 5.32 Å². The molecule has 0 saturated heterocycles. The van der Waals surface area contributed by atoms with Crippen molar-refractivity contribution in [2.24, 2.45) is 11.8 Å². The minimum absolute atomic E-state index is 0.161. The number of amides is 1. The monoisotopic (exact) mass is 575 g/mol. The number of ether oxygens (including phenoxy) is 3. The molecule has 0 aliphatic rings. The molecule has 8 heteroatoms. The Labute approximate surface area is 247 Å². The van der Waals surface area contributed by atoms with E-state index < -0.39 is 29.4 Å². The van der Waals surface area contributed by atoms with Gasteiger partial charge in [-0.2, -0.15) is 0 Å². The number of aliphatic carboxylic acids is 1. The Bertz CT molecular complexity index is 975. The van der Waals surface area contributed by atoms with Gasteiger partial charge in [0, 0.05) is 25.0 Å². The van der Waals surface area contributed by atoms with Gasteiger partial charge in [-0.25, -0.2) is 14.4 Å². The van der Waals surface area contributed by atoms with Crippen LogP contribution in [-0.4, -0.2) is 47.2 Å². The van der Waals surface area contributed by atoms with Crippen LogP contribution in [0.3, 0.4) is 0 Å². The summed E-state index contributed by atoms with van der Waals surface area (Å²) in [5, 5.41) is 11.6. The summed E-state index contributed by atoms with van der Waals surface area (Å²) >= 11 is 0. The van der Waals surface area contributed by atoms with E-state index in [0.29, 0.717) is 18.9 Å². The van der Waals surface area contributed by atoms with E-state index >= 15 is 0 Å². The van der Waals surface area contributed by atoms with E-state index in [4.69, 9.17) is 19.3 Å². The molecule has 0 spiro atoms. The molecule has 8 nitrogen and oxygen atoms in total. The number of carbonyl (C=O) groups excluding carboxylic acids is 2. The van der Waals surface area contributed by atoms with Crippen molar-refractivity contribution in [3.63, 3.8) is 0 Å². The second-order valence-corrected chi connectivity index (χ2v) is 12.5. The first-order valence-electron chi connectivity index (χ1n) is 14.3. The highest BCUT2D eigenvalue weighted by Gasteiger charge is 2.24. The van der Waals surface area contributed by atoms with Crippen LogP contribution in [0.1, 0.15) is 94.9 Å². The lowest BCUT2D eigenvalue weighted by molar-refractivity contribution is -0.131. The van der Waals surface area contributed by atoms with Crippen LogP contribution in [0.15, 0.2) is 59.8 Å². The highest BCUT2D eigenvalue weighted by atomic mass is 16.7. The Balaban J connectivity index is 4.93. The molecule has 0 saturated carbocycles. The number of allylic oxidation sites excluding steroid dienone is 7. The normalized spacial score (nSPS) is 15.7. The molecule has 0 radical (unpaired) electrons. The Morgan fingerprint density at radius 1 is 0.902 bits per heavy atom. The fourth-order valence-electron chi connectivity index (χ4n) is 3.54. The molecule has 0 aliphatic heterocycles. The summed E-state index contributed by atoms with van der Waals surface area (Å²) in [4.78, 5) is 34.8. The van der Waals surface area contributed by atoms with Crippen molar-refractivity contribution in [2.75, 3.05) is 6.54 Å². The summed E-state index contributed by atoms with van der Waals surface area (Å²) in [7, 11) is 0. The molecule has 232 valence electrons. The van der Waals surface area contributed by atoms with Gasteiger partial charge in [0.25, 0.3) is 0 Å². The zero-order valence-electron chi connectivity index (χ0n) is 26.8. The SMILES string of the molecule is C/C(=C\C=C\CC[C@H](C)CNC(=O)OC(C)(C)C)C/C(C)=C/C[C@H](OC(=O)OC(C)(C)C)[C@@H](C)/C=C/C=C/C(=O)O. The number of nitrogens with one attached hydrogen (secondary N) is 1. The minimum Gasteiger partial charge on any atom is -0.478 e. The van der Waals surface area contributed by atoms with E-state index in [1.807, 2.05) is 40.7 Å². The van der Waals surface area contributed by atoms with Crippen LogP contribution < -0.4 is 5.32 Å². The second kappa shape index (κ2) is 18.9. The summed E-state index contributed by atoms with van der Waals surface area (Å²) in [5.74, 6) is -0.849. The molecule has 0 rings (SSSR count). The van der Waals surface area contributed by atoms with Gasteiger partial charge in [0.15, 0.2) is 0 Å². The molecular formula is C33H53NO7. The van der Waals surface area contributed by atoms with E-state index in [1.54, 1.807) is 26.8 Å². The molecule has 0 aromatic rings. The number of hydrogen-bond acceptors (Lipinski definition) is 6. The molecule has 0 aromatic heterocycles. The fourth-order valence-corrected chi connectivity index (χ4v) is 3.54. The average molecular weight is 576 g/mol. The van der Waals surface area contributed by atoms with Crippen molar-refractivity contribution in [3.05, 3.63) is 59.8 Å². The van der Waals surface area contributed by atoms with Crippen LogP contribution in [0, 0.1) is 11.8 Å². The van der Waals surface area contributed by atoms with E-state index in [9.17, 15) is 14.4 Å². The molecule has 0 aromatic carbocycles. The lowest BCUT2D eigenvalue weighted by atomic mass is 9.98. The molecular weight excluding hydrogens is 522 g/mol. The van der Waals surface area contributed by atoms with E-state index in [-0.39, 0.29) is 12.0 Å². The first kappa shape index (κ1) is 37.7. The van der Waals surface area contributed by atoms with Crippen LogP contribution >= 0.6 is 0 Å². The summed E-state index contributed by atoms with van der Waals surface area (Å²) in [6, 6.07) is 0. The molecule has 0 aliphatic carbocycles. The smallest absolute Gasteiger partial charge is 0.478 e. The fraction of sp³-hybridized carbons (Fsp3) is 0.606. The highest BCUT2D eigenvalue weighted by Crippen LogP contribution is 2.20. The number of carbonyl (C=O) groups is 3. The number of rotatable bonds is 15. The Morgan fingerprint density at radius 2 is 1.54 bits per heavy atom. The van der Waals surface area contributed by atoms with Gasteiger partial charge in [0.05, 0.1) is 0 Å². The predicted molar refractivity (Wildman–Crippen MR) is 165 cm³/mol. The second-order valence-electron chi connectivity index (χ2n) is 12.5. The van der Waals surface area contributed by atoms with Gasteiger partial charge in [-0.05, 0) is 80.6 Å². The van der Waals surface area contributed by atoms with Crippen molar-refractivity contribution in [3.8, 4) is 0 Å². The molecule has 2 N–H and O–H groups in total. The largest absolute Gasteiger partial charge is 0.509 e. The van der Waals surface area contributed by atoms with Gasteiger partial charge in [-0.15, -0.1) is 0 Å². The zero-order chi connectivity index (χ0) is 31.6. The lowest BCUT2D eigenvalue weighted by Crippen LogP contribution is -2.34. The van der Waals surface area contributed by atoms with Crippen molar-refractivity contribution >= 4 is 18.2 Å². The summed E-state index contributed by atoms with van der Waals surface area (Å²) in [6.45, 7) is 19.6. The third-order valence-corrected chi connectivity index (χ3v) is 5.58. The van der Waals surface area contributed by atoms with Crippen LogP contribution in [0.4, 0.5) is 9.59 Å². The predicted octanol–water partition coefficient (Wildman–Crippen LogP) is 8.31. The number of hydrogen-bond donors (Lipinski definition) is 2. The van der Waals surface area contributed by atoms with Crippen LogP contribution in [0.5, 0.6) is 0 Å². The summed E-state index contributed by atoms with van der Waals surface area (Å²) < 4.78 is 16.2. The van der Waals surface area contributed by atoms with E-state index in [0.717, 1.165) is 30.9 Å². The highest BCUT2D eigenvalue weighted by molar-refractivity contribution is 5.80. The Kier molecular flexibility index (Phi) is 17.4. The van der Waals surface area contributed by atoms with Crippen LogP contribution in [-0.2, 0) is 19.0 Å². The summed E-state index contributed by atoms with van der Waals surface area (Å²) in [6.07, 6.45) is 15.8. The third-order valence-electron chi connectivity index (χ3n) is 5.58. The topological polar surface area (TPSA) is 111 Å². The van der Waals surface area contributed by atoms with Crippen molar-refractivity contribution < 1.29 is 33.7 Å². The van der Waals surface area contributed by atoms with Crippen molar-refractivity contribution in [2.45, 2.75) is 112 Å². The first-order chi connectivity index (χ1) is 18.9. The molecule has 41 heavy (non-hydrogen) atoms. The summed E-state index contributed by atoms with van der Waals surface area (Å²) in [5.41, 5.74) is 1.18. The number of carboxylic acids is 1. The molecule has 0 fully saturated rings. The van der Waals surface area contributed by atoms with Gasteiger partial charge in [0.2, 0.25) is 0 Å². The molecule has 0 bridgehead atoms. The van der Waals surface area contributed by atoms with Crippen molar-refractivity contribution in [1.29, 1.82) is 0 Å². The Morgan fingerprint density at radius 3 is 2.12 bits per heavy atom. The van der Waals surface area contributed by atoms with Gasteiger partial charge < -0.3 is 24.6 Å². The standard InChI is InChI=1S/C33H53NO7/c1-24(16-12-11-13-17-26(3)23-34-30(37)40-32(5,6)7)22-25(2)20-21-28(39-31(38)41-33(8,9)10)27(4)18-14-15-19-29(35)36/h11-12,14-16,18-20,26-28H,13,17,21-23H2,1-10H3,(H,34,37)(H,35,36)/b12-11+,18-14+,19-15+,24-16+,25-20+/t26-,27-,28-/m0/s1. The van der Waals surface area contributed by atoms with Gasteiger partial charge in [-0.1, -0.05) is 67.5 Å². The van der Waals surface area contributed by atoms with E-state index in [1.165, 1.54) is 11.6 Å². The maximum absolute atomic E-state index is 12.3. The van der Waals surface area contributed by atoms with Crippen LogP contribution in [0.25, 0.3) is 0 Å². The van der Waals surface area contributed by atoms with Gasteiger partial charge in [0.1, 0.15) is 17.3 Å². The lowest BCUT2D eigenvalue weighted by Gasteiger charge is -2.24. The quantitative estimate of drug-likeness (QED) is 0.0874. The maximum atomic E-state index is 12.3. The minimum atomic E-state index is -1.03. The average Bonchev–Trinajstić information content (AvgIpc) is 2.80. The molecule has 1 amide bonds. The number of carboxylic acid groups (broad SMARTS) is 1.